The van der Waals surface area contributed by atoms with Crippen molar-refractivity contribution < 1.29 is 4.79 Å². The number of aromatic nitrogens is 4. The van der Waals surface area contributed by atoms with Gasteiger partial charge in [0.05, 0.1) is 0 Å². The van der Waals surface area contributed by atoms with Crippen molar-refractivity contribution in [2.75, 3.05) is 5.32 Å². The Hall–Kier alpha value is -3.42. The first-order valence-electron chi connectivity index (χ1n) is 12.2. The van der Waals surface area contributed by atoms with E-state index in [1.165, 1.54) is 0 Å². The Kier molecular flexibility index (Phi) is 9.14. The minimum Gasteiger partial charge on any atom is -0.358 e. The van der Waals surface area contributed by atoms with Crippen LogP contribution in [0, 0.1) is 5.92 Å². The van der Waals surface area contributed by atoms with Gasteiger partial charge in [0, 0.05) is 41.5 Å². The molecule has 0 radical (unpaired) electrons. The summed E-state index contributed by atoms with van der Waals surface area (Å²) in [5.41, 5.74) is 2.09. The first-order valence-corrected chi connectivity index (χ1v) is 13.0. The van der Waals surface area contributed by atoms with E-state index in [4.69, 9.17) is 33.2 Å². The van der Waals surface area contributed by atoms with E-state index in [-0.39, 0.29) is 5.91 Å². The second-order valence-electron chi connectivity index (χ2n) is 9.30. The molecule has 0 spiro atoms. The number of amides is 1. The Bertz CT molecular complexity index is 1310. The Labute approximate surface area is 227 Å². The summed E-state index contributed by atoms with van der Waals surface area (Å²) < 4.78 is 1.83. The maximum atomic E-state index is 13.2. The summed E-state index contributed by atoms with van der Waals surface area (Å²) in [5.74, 6) is 2.15. The largest absolute Gasteiger partial charge is 0.358 e. The van der Waals surface area contributed by atoms with Crippen LogP contribution < -0.4 is 10.6 Å². The van der Waals surface area contributed by atoms with Crippen LogP contribution in [0.4, 0.5) is 5.82 Å². The van der Waals surface area contributed by atoms with Crippen LogP contribution in [0.15, 0.2) is 73.3 Å². The molecule has 37 heavy (non-hydrogen) atoms. The van der Waals surface area contributed by atoms with E-state index in [2.05, 4.69) is 29.5 Å². The summed E-state index contributed by atoms with van der Waals surface area (Å²) in [6, 6.07) is 16.6. The first-order chi connectivity index (χ1) is 17.9. The van der Waals surface area contributed by atoms with Gasteiger partial charge in [-0.15, -0.1) is 0 Å². The van der Waals surface area contributed by atoms with E-state index in [0.717, 1.165) is 17.5 Å². The number of nitrogens with one attached hydrogen (secondary N) is 2. The number of anilines is 1. The number of carbonyl (C=O) groups is 1. The van der Waals surface area contributed by atoms with Crippen molar-refractivity contribution in [3.05, 3.63) is 100 Å². The molecule has 1 amide bonds. The van der Waals surface area contributed by atoms with Crippen molar-refractivity contribution in [1.29, 1.82) is 0 Å². The SMILES string of the molecule is CC(C)CC(Nc1cc(-n2ccnc2)nc(CCc2cccc(Cl)c2)n1)C(=O)NCc1ccc(Cl)cc1. The lowest BCUT2D eigenvalue weighted by Gasteiger charge is -2.21. The van der Waals surface area contributed by atoms with E-state index < -0.39 is 6.04 Å². The number of carbonyl (C=O) groups excluding carboxylic acids is 1. The van der Waals surface area contributed by atoms with Gasteiger partial charge < -0.3 is 10.6 Å². The van der Waals surface area contributed by atoms with Gasteiger partial charge in [-0.3, -0.25) is 9.36 Å². The molecule has 1 atom stereocenters. The van der Waals surface area contributed by atoms with Gasteiger partial charge in [-0.1, -0.05) is 61.3 Å². The maximum Gasteiger partial charge on any atom is 0.242 e. The molecule has 2 aromatic heterocycles. The number of aryl methyl sites for hydroxylation is 2. The lowest BCUT2D eigenvalue weighted by molar-refractivity contribution is -0.122. The van der Waals surface area contributed by atoms with Gasteiger partial charge in [-0.25, -0.2) is 15.0 Å². The quantitative estimate of drug-likeness (QED) is 0.249. The van der Waals surface area contributed by atoms with Crippen LogP contribution in [0.25, 0.3) is 5.82 Å². The van der Waals surface area contributed by atoms with Crippen LogP contribution in [0.3, 0.4) is 0 Å². The molecule has 9 heteroatoms. The molecule has 2 N–H and O–H groups in total. The van der Waals surface area contributed by atoms with Gasteiger partial charge in [0.15, 0.2) is 0 Å². The number of imidazole rings is 1. The second kappa shape index (κ2) is 12.7. The molecular weight excluding hydrogens is 507 g/mol. The van der Waals surface area contributed by atoms with Crippen LogP contribution in [0.1, 0.15) is 37.2 Å². The monoisotopic (exact) mass is 536 g/mol. The van der Waals surface area contributed by atoms with Gasteiger partial charge in [-0.2, -0.15) is 0 Å². The fraction of sp³-hybridized carbons (Fsp3) is 0.286. The highest BCUT2D eigenvalue weighted by atomic mass is 35.5. The molecule has 0 saturated carbocycles. The first kappa shape index (κ1) is 26.6. The van der Waals surface area contributed by atoms with E-state index in [0.29, 0.717) is 52.8 Å². The van der Waals surface area contributed by atoms with E-state index in [1.54, 1.807) is 12.5 Å². The van der Waals surface area contributed by atoms with E-state index in [1.807, 2.05) is 65.4 Å². The Balaban J connectivity index is 1.53. The summed E-state index contributed by atoms with van der Waals surface area (Å²) in [5, 5.41) is 7.77. The molecule has 2 aromatic carbocycles. The van der Waals surface area contributed by atoms with Crippen LogP contribution in [0.2, 0.25) is 10.0 Å². The van der Waals surface area contributed by atoms with Crippen molar-refractivity contribution in [2.45, 2.75) is 45.7 Å². The summed E-state index contributed by atoms with van der Waals surface area (Å²) in [6.07, 6.45) is 7.23. The average molecular weight is 537 g/mol. The third-order valence-corrected chi connectivity index (χ3v) is 6.27. The highest BCUT2D eigenvalue weighted by molar-refractivity contribution is 6.30. The van der Waals surface area contributed by atoms with Gasteiger partial charge in [0.2, 0.25) is 5.91 Å². The minimum atomic E-state index is -0.460. The standard InChI is InChI=1S/C28H30Cl2N6O/c1-19(2)14-24(28(37)32-17-21-6-9-22(29)10-7-21)33-26-16-27(36-13-12-31-18-36)35-25(34-26)11-8-20-4-3-5-23(30)15-20/h3-7,9-10,12-13,15-16,18-19,24H,8,11,14,17H2,1-2H3,(H,32,37)(H,33,34,35). The smallest absolute Gasteiger partial charge is 0.242 e. The predicted molar refractivity (Wildman–Crippen MR) is 148 cm³/mol. The van der Waals surface area contributed by atoms with Crippen LogP contribution >= 0.6 is 23.2 Å². The lowest BCUT2D eigenvalue weighted by Crippen LogP contribution is -2.40. The zero-order chi connectivity index (χ0) is 26.2. The van der Waals surface area contributed by atoms with Crippen molar-refractivity contribution in [2.24, 2.45) is 5.92 Å². The number of halogens is 2. The molecule has 0 bridgehead atoms. The molecule has 0 fully saturated rings. The number of hydrogen-bond donors (Lipinski definition) is 2. The fourth-order valence-corrected chi connectivity index (χ4v) is 4.28. The molecule has 2 heterocycles. The molecule has 0 aliphatic carbocycles. The number of benzene rings is 2. The van der Waals surface area contributed by atoms with Gasteiger partial charge in [0.1, 0.15) is 29.8 Å². The predicted octanol–water partition coefficient (Wildman–Crippen LogP) is 5.90. The normalized spacial score (nSPS) is 11.9. The minimum absolute atomic E-state index is 0.0908. The highest BCUT2D eigenvalue weighted by Gasteiger charge is 2.21. The molecule has 192 valence electrons. The molecule has 4 aromatic rings. The van der Waals surface area contributed by atoms with Gasteiger partial charge in [0.25, 0.3) is 0 Å². The van der Waals surface area contributed by atoms with Gasteiger partial charge in [-0.05, 0) is 54.2 Å². The highest BCUT2D eigenvalue weighted by Crippen LogP contribution is 2.18. The Morgan fingerprint density at radius 2 is 1.78 bits per heavy atom. The van der Waals surface area contributed by atoms with Crippen molar-refractivity contribution in [3.63, 3.8) is 0 Å². The number of nitrogens with zero attached hydrogens (tertiary/aromatic N) is 4. The van der Waals surface area contributed by atoms with Gasteiger partial charge >= 0.3 is 0 Å². The molecular formula is C28H30Cl2N6O. The summed E-state index contributed by atoms with van der Waals surface area (Å²) >= 11 is 12.1. The van der Waals surface area contributed by atoms with E-state index >= 15 is 0 Å². The number of hydrogen-bond acceptors (Lipinski definition) is 5. The third kappa shape index (κ3) is 8.03. The van der Waals surface area contributed by atoms with Crippen LogP contribution in [-0.2, 0) is 24.2 Å². The third-order valence-electron chi connectivity index (χ3n) is 5.78. The summed E-state index contributed by atoms with van der Waals surface area (Å²) in [4.78, 5) is 26.8. The van der Waals surface area contributed by atoms with E-state index in [9.17, 15) is 4.79 Å². The van der Waals surface area contributed by atoms with Crippen LogP contribution in [0.5, 0.6) is 0 Å². The lowest BCUT2D eigenvalue weighted by atomic mass is 10.0. The Morgan fingerprint density at radius 3 is 2.49 bits per heavy atom. The average Bonchev–Trinajstić information content (AvgIpc) is 3.42. The second-order valence-corrected chi connectivity index (χ2v) is 10.2. The summed E-state index contributed by atoms with van der Waals surface area (Å²) in [7, 11) is 0. The topological polar surface area (TPSA) is 84.7 Å². The Morgan fingerprint density at radius 1 is 0.973 bits per heavy atom. The zero-order valence-corrected chi connectivity index (χ0v) is 22.4. The molecule has 4 rings (SSSR count). The summed E-state index contributed by atoms with van der Waals surface area (Å²) in [6.45, 7) is 4.60. The molecule has 0 saturated heterocycles. The fourth-order valence-electron chi connectivity index (χ4n) is 3.94. The molecule has 7 nitrogen and oxygen atoms in total. The number of rotatable bonds is 11. The van der Waals surface area contributed by atoms with Crippen molar-refractivity contribution in [3.8, 4) is 5.82 Å². The molecule has 0 aliphatic rings. The maximum absolute atomic E-state index is 13.2. The van der Waals surface area contributed by atoms with Crippen molar-refractivity contribution in [1.82, 2.24) is 24.8 Å². The van der Waals surface area contributed by atoms with Crippen LogP contribution in [-0.4, -0.2) is 31.5 Å². The van der Waals surface area contributed by atoms with Crippen molar-refractivity contribution >= 4 is 34.9 Å². The molecule has 0 aliphatic heterocycles. The zero-order valence-electron chi connectivity index (χ0n) is 20.9. The molecule has 1 unspecified atom stereocenters.